The molecule has 0 aliphatic carbocycles. The highest BCUT2D eigenvalue weighted by Gasteiger charge is 2.31. The van der Waals surface area contributed by atoms with Gasteiger partial charge < -0.3 is 4.57 Å². The lowest BCUT2D eigenvalue weighted by molar-refractivity contribution is -0.137. The number of pyridine rings is 1. The highest BCUT2D eigenvalue weighted by Crippen LogP contribution is 2.33. The van der Waals surface area contributed by atoms with E-state index in [0.717, 1.165) is 12.1 Å². The molecule has 0 unspecified atom stereocenters. The monoisotopic (exact) mass is 311 g/mol. The Morgan fingerprint density at radius 1 is 1.19 bits per heavy atom. The molecule has 0 radical (unpaired) electrons. The minimum Gasteiger partial charge on any atom is -0.327 e. The Balaban J connectivity index is 2.23. The average molecular weight is 312 g/mol. The molecule has 21 heavy (non-hydrogen) atoms. The van der Waals surface area contributed by atoms with Crippen LogP contribution in [0.25, 0.3) is 22.4 Å². The molecule has 108 valence electrons. The SMILES string of the molecule is Cn1c(-c2ccncc2Cl)nc2cc(C(F)(F)F)ccc21. The van der Waals surface area contributed by atoms with Gasteiger partial charge in [-0.05, 0) is 24.3 Å². The lowest BCUT2D eigenvalue weighted by Gasteiger charge is -2.06. The molecule has 3 rings (SSSR count). The minimum absolute atomic E-state index is 0.273. The Bertz CT molecular complexity index is 824. The third-order valence-corrected chi connectivity index (χ3v) is 3.52. The van der Waals surface area contributed by atoms with Crippen molar-refractivity contribution in [3.05, 3.63) is 47.2 Å². The summed E-state index contributed by atoms with van der Waals surface area (Å²) in [4.78, 5) is 8.15. The van der Waals surface area contributed by atoms with Crippen molar-refractivity contribution in [2.24, 2.45) is 7.05 Å². The van der Waals surface area contributed by atoms with E-state index in [-0.39, 0.29) is 5.52 Å². The van der Waals surface area contributed by atoms with Gasteiger partial charge in [-0.15, -0.1) is 0 Å². The molecule has 0 amide bonds. The number of hydrogen-bond acceptors (Lipinski definition) is 2. The molecule has 0 spiro atoms. The van der Waals surface area contributed by atoms with Crippen LogP contribution >= 0.6 is 11.6 Å². The summed E-state index contributed by atoms with van der Waals surface area (Å²) in [5.41, 5.74) is 0.778. The summed E-state index contributed by atoms with van der Waals surface area (Å²) in [7, 11) is 1.73. The second kappa shape index (κ2) is 4.73. The molecule has 3 nitrogen and oxygen atoms in total. The number of imidazole rings is 1. The van der Waals surface area contributed by atoms with E-state index < -0.39 is 11.7 Å². The molecule has 0 atom stereocenters. The maximum atomic E-state index is 12.7. The number of fused-ring (bicyclic) bond motifs is 1. The summed E-state index contributed by atoms with van der Waals surface area (Å²) < 4.78 is 39.9. The molecule has 0 N–H and O–H groups in total. The van der Waals surface area contributed by atoms with E-state index in [9.17, 15) is 13.2 Å². The normalized spacial score (nSPS) is 12.0. The fraction of sp³-hybridized carbons (Fsp3) is 0.143. The predicted molar refractivity (Wildman–Crippen MR) is 74.0 cm³/mol. The summed E-state index contributed by atoms with van der Waals surface area (Å²) in [5.74, 6) is 0.497. The summed E-state index contributed by atoms with van der Waals surface area (Å²) in [6.07, 6.45) is -1.36. The van der Waals surface area contributed by atoms with Crippen LogP contribution in [0, 0.1) is 0 Å². The van der Waals surface area contributed by atoms with Crippen LogP contribution in [-0.4, -0.2) is 14.5 Å². The fourth-order valence-corrected chi connectivity index (χ4v) is 2.38. The van der Waals surface area contributed by atoms with Gasteiger partial charge in [-0.2, -0.15) is 13.2 Å². The van der Waals surface area contributed by atoms with Crippen LogP contribution in [0.1, 0.15) is 5.56 Å². The first-order valence-electron chi connectivity index (χ1n) is 6.01. The molecule has 1 aromatic carbocycles. The highest BCUT2D eigenvalue weighted by molar-refractivity contribution is 6.33. The van der Waals surface area contributed by atoms with Crippen LogP contribution in [0.4, 0.5) is 13.2 Å². The standard InChI is InChI=1S/C14H9ClF3N3/c1-21-12-3-2-8(14(16,17)18)6-11(12)20-13(21)9-4-5-19-7-10(9)15/h2-7H,1H3. The average Bonchev–Trinajstić information content (AvgIpc) is 2.75. The van der Waals surface area contributed by atoms with Crippen LogP contribution in [-0.2, 0) is 13.2 Å². The van der Waals surface area contributed by atoms with Gasteiger partial charge in [-0.1, -0.05) is 11.6 Å². The Morgan fingerprint density at radius 3 is 2.62 bits per heavy atom. The molecule has 2 heterocycles. The number of benzene rings is 1. The van der Waals surface area contributed by atoms with Crippen molar-refractivity contribution in [1.29, 1.82) is 0 Å². The fourth-order valence-electron chi connectivity index (χ4n) is 2.17. The van der Waals surface area contributed by atoms with Gasteiger partial charge in [0.1, 0.15) is 5.82 Å². The molecule has 0 fully saturated rings. The Labute approximate surface area is 123 Å². The van der Waals surface area contributed by atoms with Crippen LogP contribution in [0.2, 0.25) is 5.02 Å². The zero-order valence-electron chi connectivity index (χ0n) is 10.8. The van der Waals surface area contributed by atoms with Crippen LogP contribution in [0.15, 0.2) is 36.7 Å². The van der Waals surface area contributed by atoms with E-state index in [0.29, 0.717) is 21.9 Å². The number of aromatic nitrogens is 3. The summed E-state index contributed by atoms with van der Waals surface area (Å²) in [5, 5.41) is 0.395. The van der Waals surface area contributed by atoms with Gasteiger partial charge in [-0.3, -0.25) is 4.98 Å². The summed E-state index contributed by atoms with van der Waals surface area (Å²) >= 11 is 6.07. The zero-order chi connectivity index (χ0) is 15.2. The van der Waals surface area contributed by atoms with Crippen molar-refractivity contribution in [1.82, 2.24) is 14.5 Å². The molecule has 7 heteroatoms. The lowest BCUT2D eigenvalue weighted by atomic mass is 10.2. The van der Waals surface area contributed by atoms with Gasteiger partial charge in [0.05, 0.1) is 21.6 Å². The first-order chi connectivity index (χ1) is 9.88. The van der Waals surface area contributed by atoms with Crippen molar-refractivity contribution in [3.63, 3.8) is 0 Å². The van der Waals surface area contributed by atoms with Gasteiger partial charge in [0.2, 0.25) is 0 Å². The first-order valence-corrected chi connectivity index (χ1v) is 6.39. The molecule has 0 saturated heterocycles. The maximum Gasteiger partial charge on any atom is 0.416 e. The number of halogens is 4. The third-order valence-electron chi connectivity index (χ3n) is 3.22. The molecular formula is C14H9ClF3N3. The van der Waals surface area contributed by atoms with Crippen molar-refractivity contribution in [2.75, 3.05) is 0 Å². The zero-order valence-corrected chi connectivity index (χ0v) is 11.6. The smallest absolute Gasteiger partial charge is 0.327 e. The van der Waals surface area contributed by atoms with Gasteiger partial charge in [0.25, 0.3) is 0 Å². The van der Waals surface area contributed by atoms with Gasteiger partial charge in [-0.25, -0.2) is 4.98 Å². The number of aryl methyl sites for hydroxylation is 1. The number of nitrogens with zero attached hydrogens (tertiary/aromatic N) is 3. The number of rotatable bonds is 1. The Morgan fingerprint density at radius 2 is 1.95 bits per heavy atom. The second-order valence-electron chi connectivity index (χ2n) is 4.55. The van der Waals surface area contributed by atoms with Crippen LogP contribution in [0.5, 0.6) is 0 Å². The molecule has 0 aliphatic rings. The van der Waals surface area contributed by atoms with Gasteiger partial charge in [0.15, 0.2) is 0 Å². The summed E-state index contributed by atoms with van der Waals surface area (Å²) in [6, 6.07) is 5.16. The molecule has 0 aliphatic heterocycles. The third kappa shape index (κ3) is 2.35. The Hall–Kier alpha value is -2.08. The summed E-state index contributed by atoms with van der Waals surface area (Å²) in [6.45, 7) is 0. The maximum absolute atomic E-state index is 12.7. The van der Waals surface area contributed by atoms with Crippen molar-refractivity contribution in [3.8, 4) is 11.4 Å². The quantitative estimate of drug-likeness (QED) is 0.670. The van der Waals surface area contributed by atoms with Crippen LogP contribution < -0.4 is 0 Å². The first kappa shape index (κ1) is 13.9. The topological polar surface area (TPSA) is 30.7 Å². The highest BCUT2D eigenvalue weighted by atomic mass is 35.5. The number of hydrogen-bond donors (Lipinski definition) is 0. The van der Waals surface area contributed by atoms with E-state index in [1.54, 1.807) is 23.9 Å². The molecule has 0 bridgehead atoms. The lowest BCUT2D eigenvalue weighted by Crippen LogP contribution is -2.04. The second-order valence-corrected chi connectivity index (χ2v) is 4.96. The van der Waals surface area contributed by atoms with Gasteiger partial charge >= 0.3 is 6.18 Å². The molecular weight excluding hydrogens is 303 g/mol. The predicted octanol–water partition coefficient (Wildman–Crippen LogP) is 4.31. The molecule has 0 saturated carbocycles. The van der Waals surface area contributed by atoms with E-state index in [2.05, 4.69) is 9.97 Å². The molecule has 3 aromatic rings. The number of alkyl halides is 3. The van der Waals surface area contributed by atoms with E-state index >= 15 is 0 Å². The Kier molecular flexibility index (Phi) is 3.13. The molecule has 2 aromatic heterocycles. The largest absolute Gasteiger partial charge is 0.416 e. The van der Waals surface area contributed by atoms with Crippen molar-refractivity contribution >= 4 is 22.6 Å². The van der Waals surface area contributed by atoms with E-state index in [4.69, 9.17) is 11.6 Å². The van der Waals surface area contributed by atoms with Gasteiger partial charge in [0, 0.05) is 25.0 Å². The van der Waals surface area contributed by atoms with Crippen LogP contribution in [0.3, 0.4) is 0 Å². The van der Waals surface area contributed by atoms with E-state index in [1.165, 1.54) is 12.3 Å². The van der Waals surface area contributed by atoms with Crippen molar-refractivity contribution < 1.29 is 13.2 Å². The van der Waals surface area contributed by atoms with E-state index in [1.807, 2.05) is 0 Å². The van der Waals surface area contributed by atoms with Crippen molar-refractivity contribution in [2.45, 2.75) is 6.18 Å². The minimum atomic E-state index is -4.39.